The molecule has 0 atom stereocenters. The number of hydrogen-bond acceptors (Lipinski definition) is 2. The lowest BCUT2D eigenvalue weighted by atomic mass is 10.0. The van der Waals surface area contributed by atoms with Crippen LogP contribution in [0.5, 0.6) is 0 Å². The van der Waals surface area contributed by atoms with Crippen LogP contribution in [-0.4, -0.2) is 23.3 Å². The Bertz CT molecular complexity index is 5240. The molecule has 0 bridgehead atoms. The molecule has 12 aromatic carbocycles. The summed E-state index contributed by atoms with van der Waals surface area (Å²) in [5, 5.41) is 21.5. The van der Waals surface area contributed by atoms with Gasteiger partial charge in [0.2, 0.25) is 0 Å². The molecule has 0 saturated carbocycles. The molecule has 6 nitrogen and oxygen atoms in total. The van der Waals surface area contributed by atoms with E-state index in [1.165, 1.54) is 0 Å². The van der Waals surface area contributed by atoms with Gasteiger partial charge in [0.25, 0.3) is 0 Å². The third-order valence-corrected chi connectivity index (χ3v) is 17.2. The normalized spacial score (nSPS) is 11.8. The molecule has 0 spiro atoms. The fraction of sp³-hybridized carbons (Fsp3) is 0. The van der Waals surface area contributed by atoms with Gasteiger partial charge in [-0.1, -0.05) is 218 Å². The second kappa shape index (κ2) is 18.8. The van der Waals surface area contributed by atoms with Gasteiger partial charge in [0.15, 0.2) is 11.6 Å². The molecule has 0 fully saturated rings. The average molecular weight is 1070 g/mol. The fourth-order valence-electron chi connectivity index (χ4n) is 13.5. The van der Waals surface area contributed by atoms with Crippen LogP contribution in [0.2, 0.25) is 0 Å². The van der Waals surface area contributed by atoms with Crippen LogP contribution < -0.4 is 0 Å². The maximum Gasteiger partial charge on any atom is 0.166 e. The van der Waals surface area contributed by atoms with E-state index in [1.807, 2.05) is 0 Å². The summed E-state index contributed by atoms with van der Waals surface area (Å²) < 4.78 is 9.29. The summed E-state index contributed by atoms with van der Waals surface area (Å²) in [6.45, 7) is 0. The first-order chi connectivity index (χ1) is 41.7. The van der Waals surface area contributed by atoms with E-state index in [-0.39, 0.29) is 0 Å². The van der Waals surface area contributed by atoms with Gasteiger partial charge < -0.3 is 9.13 Å². The topological polar surface area (TPSA) is 56.4 Å². The highest BCUT2D eigenvalue weighted by Crippen LogP contribution is 2.47. The second-order valence-electron chi connectivity index (χ2n) is 21.7. The van der Waals surface area contributed by atoms with Crippen molar-refractivity contribution in [3.63, 3.8) is 0 Å². The Morgan fingerprint density at radius 1 is 0.226 bits per heavy atom. The highest BCUT2D eigenvalue weighted by atomic mass is 15.2. The zero-order chi connectivity index (χ0) is 55.4. The number of nitrogens with zero attached hydrogens (tertiary/aromatic N) is 6. The van der Waals surface area contributed by atoms with E-state index in [4.69, 9.17) is 4.98 Å². The standard InChI is InChI=1S/C78H48N6/c79-49-66-75(81-67-33-17-13-29-58(67)59-30-14-18-34-68(59)81)78(84-73-43-39-56(52-25-9-3-10-26-52)47-64(73)65-48-57(40-44-74(65)84)53-27-11-4-12-28-53)80-77(83-69-35-19-15-31-60(69)61-32-16-20-36-70(61)83)76(66)82-71-41-37-54(50-21-5-1-6-22-50)45-62(71)63-46-55(38-42-72(63)82)51-23-7-2-8-24-51/h1-48H. The van der Waals surface area contributed by atoms with Crippen molar-refractivity contribution in [2.24, 2.45) is 0 Å². The monoisotopic (exact) mass is 1070 g/mol. The second-order valence-corrected chi connectivity index (χ2v) is 21.7. The lowest BCUT2D eigenvalue weighted by molar-refractivity contribution is 0.952. The number of aromatic nitrogens is 5. The van der Waals surface area contributed by atoms with Crippen molar-refractivity contribution in [2.75, 3.05) is 0 Å². The van der Waals surface area contributed by atoms with Crippen molar-refractivity contribution < 1.29 is 0 Å². The van der Waals surface area contributed by atoms with Crippen LogP contribution in [0.3, 0.4) is 0 Å². The van der Waals surface area contributed by atoms with Crippen LogP contribution >= 0.6 is 0 Å². The molecule has 17 aromatic rings. The highest BCUT2D eigenvalue weighted by molar-refractivity contribution is 6.16. The van der Waals surface area contributed by atoms with Crippen LogP contribution in [0.1, 0.15) is 5.56 Å². The Kier molecular flexibility index (Phi) is 10.6. The SMILES string of the molecule is N#Cc1c(-n2c3ccccc3c3ccccc32)c(-n2c3ccc(-c4ccccc4)cc3c3cc(-c4ccccc4)ccc32)nc(-n2c3ccccc3c3ccccc32)c1-n1c2ccc(-c3ccccc3)cc2c2cc(-c3ccccc3)ccc21. The van der Waals surface area contributed by atoms with E-state index in [9.17, 15) is 5.26 Å². The van der Waals surface area contributed by atoms with Gasteiger partial charge in [-0.2, -0.15) is 5.26 Å². The summed E-state index contributed by atoms with van der Waals surface area (Å²) >= 11 is 0. The minimum absolute atomic E-state index is 0.471. The number of hydrogen-bond donors (Lipinski definition) is 0. The van der Waals surface area contributed by atoms with E-state index in [2.05, 4.69) is 316 Å². The van der Waals surface area contributed by atoms with Gasteiger partial charge in [-0.15, -0.1) is 0 Å². The van der Waals surface area contributed by atoms with Crippen molar-refractivity contribution in [3.05, 3.63) is 297 Å². The molecule has 5 aromatic heterocycles. The number of para-hydroxylation sites is 4. The molecule has 0 saturated heterocycles. The van der Waals surface area contributed by atoms with Crippen LogP contribution in [-0.2, 0) is 0 Å². The predicted molar refractivity (Wildman–Crippen MR) is 348 cm³/mol. The fourth-order valence-corrected chi connectivity index (χ4v) is 13.5. The molecule has 390 valence electrons. The number of pyridine rings is 1. The Morgan fingerprint density at radius 2 is 0.464 bits per heavy atom. The van der Waals surface area contributed by atoms with Crippen molar-refractivity contribution in [1.29, 1.82) is 5.26 Å². The summed E-state index contributed by atoms with van der Waals surface area (Å²) in [5.74, 6) is 1.25. The first-order valence-electron chi connectivity index (χ1n) is 28.5. The molecule has 0 aliphatic rings. The molecule has 5 heterocycles. The van der Waals surface area contributed by atoms with Crippen molar-refractivity contribution >= 4 is 87.2 Å². The quantitative estimate of drug-likeness (QED) is 0.152. The molecule has 84 heavy (non-hydrogen) atoms. The third kappa shape index (κ3) is 7.13. The van der Waals surface area contributed by atoms with E-state index in [0.717, 1.165) is 132 Å². The Hall–Kier alpha value is -11.5. The molecule has 0 unspecified atom stereocenters. The first kappa shape index (κ1) is 47.3. The van der Waals surface area contributed by atoms with E-state index in [0.29, 0.717) is 28.6 Å². The van der Waals surface area contributed by atoms with Gasteiger partial charge in [-0.25, -0.2) is 4.98 Å². The number of benzene rings is 12. The van der Waals surface area contributed by atoms with E-state index < -0.39 is 0 Å². The summed E-state index contributed by atoms with van der Waals surface area (Å²) in [7, 11) is 0. The van der Waals surface area contributed by atoms with Crippen molar-refractivity contribution in [1.82, 2.24) is 23.3 Å². The van der Waals surface area contributed by atoms with Gasteiger partial charge in [0.1, 0.15) is 23.0 Å². The first-order valence-corrected chi connectivity index (χ1v) is 28.5. The third-order valence-electron chi connectivity index (χ3n) is 17.2. The smallest absolute Gasteiger partial charge is 0.166 e. The predicted octanol–water partition coefficient (Wildman–Crippen LogP) is 20.0. The van der Waals surface area contributed by atoms with Crippen LogP contribution in [0.15, 0.2) is 291 Å². The van der Waals surface area contributed by atoms with Gasteiger partial charge in [0, 0.05) is 43.1 Å². The molecule has 6 heteroatoms. The molecule has 0 aliphatic carbocycles. The van der Waals surface area contributed by atoms with Crippen molar-refractivity contribution in [3.8, 4) is 73.6 Å². The molecule has 0 aliphatic heterocycles. The lowest BCUT2D eigenvalue weighted by Crippen LogP contribution is -2.16. The Labute approximate surface area is 483 Å². The Morgan fingerprint density at radius 3 is 0.750 bits per heavy atom. The zero-order valence-electron chi connectivity index (χ0n) is 45.4. The largest absolute Gasteiger partial charge is 0.305 e. The average Bonchev–Trinajstić information content (AvgIpc) is 1.91. The molecule has 17 rings (SSSR count). The summed E-state index contributed by atoms with van der Waals surface area (Å²) in [6, 6.07) is 107. The lowest BCUT2D eigenvalue weighted by Gasteiger charge is -2.24. The van der Waals surface area contributed by atoms with E-state index in [1.54, 1.807) is 0 Å². The van der Waals surface area contributed by atoms with Gasteiger partial charge in [-0.05, 0) is 117 Å². The van der Waals surface area contributed by atoms with Gasteiger partial charge in [-0.3, -0.25) is 9.13 Å². The maximum atomic E-state index is 12.9. The maximum absolute atomic E-state index is 12.9. The zero-order valence-corrected chi connectivity index (χ0v) is 45.4. The van der Waals surface area contributed by atoms with Crippen LogP contribution in [0.25, 0.3) is 155 Å². The van der Waals surface area contributed by atoms with E-state index >= 15 is 0 Å². The minimum atomic E-state index is 0.471. The number of fused-ring (bicyclic) bond motifs is 12. The van der Waals surface area contributed by atoms with Crippen LogP contribution in [0.4, 0.5) is 0 Å². The highest BCUT2D eigenvalue weighted by Gasteiger charge is 2.32. The summed E-state index contributed by atoms with van der Waals surface area (Å²) in [5.41, 5.74) is 18.5. The summed E-state index contributed by atoms with van der Waals surface area (Å²) in [6.07, 6.45) is 0. The number of rotatable bonds is 8. The molecular weight excluding hydrogens is 1020 g/mol. The minimum Gasteiger partial charge on any atom is -0.305 e. The molecule has 0 radical (unpaired) electrons. The van der Waals surface area contributed by atoms with Gasteiger partial charge in [0.05, 0.1) is 44.1 Å². The molecule has 0 amide bonds. The van der Waals surface area contributed by atoms with Crippen molar-refractivity contribution in [2.45, 2.75) is 0 Å². The molecule has 0 N–H and O–H groups in total. The Balaban J connectivity index is 1.10. The van der Waals surface area contributed by atoms with Gasteiger partial charge >= 0.3 is 0 Å². The molecular formula is C78H48N6. The number of nitriles is 1. The van der Waals surface area contributed by atoms with Crippen LogP contribution in [0, 0.1) is 11.3 Å². The summed E-state index contributed by atoms with van der Waals surface area (Å²) in [4.78, 5) is 6.33.